The number of sulfonamides is 1. The van der Waals surface area contributed by atoms with E-state index in [9.17, 15) is 13.2 Å². The van der Waals surface area contributed by atoms with E-state index in [1.54, 1.807) is 0 Å². The third-order valence-corrected chi connectivity index (χ3v) is 6.80. The van der Waals surface area contributed by atoms with Crippen molar-refractivity contribution in [3.8, 4) is 0 Å². The summed E-state index contributed by atoms with van der Waals surface area (Å²) in [6.07, 6.45) is -0.320. The Morgan fingerprint density at radius 3 is 2.44 bits per heavy atom. The third kappa shape index (κ3) is 4.73. The predicted octanol–water partition coefficient (Wildman–Crippen LogP) is 2.61. The largest absolute Gasteiger partial charge is 0.456 e. The van der Waals surface area contributed by atoms with Crippen molar-refractivity contribution in [3.05, 3.63) is 45.9 Å². The van der Waals surface area contributed by atoms with Crippen molar-refractivity contribution in [2.75, 3.05) is 13.1 Å². The molecule has 0 spiro atoms. The van der Waals surface area contributed by atoms with Crippen LogP contribution in [0.3, 0.4) is 0 Å². The zero-order chi connectivity index (χ0) is 19.6. The maximum absolute atomic E-state index is 12.8. The van der Waals surface area contributed by atoms with Gasteiger partial charge in [0.2, 0.25) is 10.0 Å². The van der Waals surface area contributed by atoms with Gasteiger partial charge in [-0.25, -0.2) is 18.2 Å². The highest BCUT2D eigenvalue weighted by molar-refractivity contribution is 7.89. The summed E-state index contributed by atoms with van der Waals surface area (Å²) in [7, 11) is -3.63. The molecule has 2 unspecified atom stereocenters. The Morgan fingerprint density at radius 2 is 1.89 bits per heavy atom. The Balaban J connectivity index is 1.67. The van der Waals surface area contributed by atoms with Crippen molar-refractivity contribution < 1.29 is 22.7 Å². The number of hydrogen-bond donors (Lipinski definition) is 0. The lowest BCUT2D eigenvalue weighted by Crippen LogP contribution is -2.48. The van der Waals surface area contributed by atoms with E-state index in [1.165, 1.54) is 39.9 Å². The average Bonchev–Trinajstić information content (AvgIpc) is 3.04. The smallest absolute Gasteiger partial charge is 0.338 e. The SMILES string of the molecule is Cc1nc(COC(=O)c2ccc(S(=O)(=O)N3CC(C)OC(C)C3)cc2)cs1. The molecule has 1 aromatic heterocycles. The first-order chi connectivity index (χ1) is 12.8. The molecule has 1 aliphatic rings. The van der Waals surface area contributed by atoms with Gasteiger partial charge < -0.3 is 9.47 Å². The highest BCUT2D eigenvalue weighted by Crippen LogP contribution is 2.22. The molecule has 3 rings (SSSR count). The van der Waals surface area contributed by atoms with E-state index in [0.29, 0.717) is 24.3 Å². The van der Waals surface area contributed by atoms with E-state index < -0.39 is 16.0 Å². The Morgan fingerprint density at radius 1 is 1.26 bits per heavy atom. The van der Waals surface area contributed by atoms with Crippen LogP contribution in [0.25, 0.3) is 0 Å². The second kappa shape index (κ2) is 8.05. The van der Waals surface area contributed by atoms with Crippen LogP contribution in [0.4, 0.5) is 0 Å². The van der Waals surface area contributed by atoms with Crippen LogP contribution in [-0.2, 0) is 26.1 Å². The van der Waals surface area contributed by atoms with Gasteiger partial charge in [0.25, 0.3) is 0 Å². The Bertz CT molecular complexity index is 898. The fourth-order valence-corrected chi connectivity index (χ4v) is 5.12. The number of aryl methyl sites for hydroxylation is 1. The van der Waals surface area contributed by atoms with E-state index in [4.69, 9.17) is 9.47 Å². The minimum absolute atomic E-state index is 0.0901. The minimum Gasteiger partial charge on any atom is -0.456 e. The zero-order valence-electron chi connectivity index (χ0n) is 15.4. The van der Waals surface area contributed by atoms with Crippen LogP contribution in [0.5, 0.6) is 0 Å². The molecule has 9 heteroatoms. The summed E-state index contributed by atoms with van der Waals surface area (Å²) in [5, 5.41) is 2.74. The molecule has 1 saturated heterocycles. The predicted molar refractivity (Wildman–Crippen MR) is 101 cm³/mol. The van der Waals surface area contributed by atoms with Crippen LogP contribution in [0.2, 0.25) is 0 Å². The van der Waals surface area contributed by atoms with Gasteiger partial charge in [0.05, 0.1) is 33.4 Å². The molecule has 0 N–H and O–H groups in total. The highest BCUT2D eigenvalue weighted by Gasteiger charge is 2.32. The molecule has 0 saturated carbocycles. The maximum Gasteiger partial charge on any atom is 0.338 e. The van der Waals surface area contributed by atoms with Gasteiger partial charge in [0.15, 0.2) is 0 Å². The van der Waals surface area contributed by atoms with E-state index in [-0.39, 0.29) is 23.7 Å². The maximum atomic E-state index is 12.8. The van der Waals surface area contributed by atoms with Gasteiger partial charge in [0, 0.05) is 18.5 Å². The van der Waals surface area contributed by atoms with Crippen LogP contribution >= 0.6 is 11.3 Å². The number of carbonyl (C=O) groups excluding carboxylic acids is 1. The topological polar surface area (TPSA) is 85.8 Å². The Hall–Kier alpha value is -1.81. The normalized spacial score (nSPS) is 21.1. The van der Waals surface area contributed by atoms with E-state index in [2.05, 4.69) is 4.98 Å². The van der Waals surface area contributed by atoms with Gasteiger partial charge in [-0.15, -0.1) is 11.3 Å². The molecule has 0 bridgehead atoms. The number of rotatable bonds is 5. The first-order valence-corrected chi connectivity index (χ1v) is 10.9. The highest BCUT2D eigenvalue weighted by atomic mass is 32.2. The summed E-state index contributed by atoms with van der Waals surface area (Å²) in [6, 6.07) is 5.80. The molecule has 27 heavy (non-hydrogen) atoms. The van der Waals surface area contributed by atoms with Gasteiger partial charge in [-0.1, -0.05) is 0 Å². The van der Waals surface area contributed by atoms with Gasteiger partial charge in [-0.05, 0) is 45.0 Å². The molecule has 7 nitrogen and oxygen atoms in total. The molecule has 2 heterocycles. The number of carbonyl (C=O) groups is 1. The van der Waals surface area contributed by atoms with Crippen molar-refractivity contribution in [2.45, 2.75) is 44.5 Å². The van der Waals surface area contributed by atoms with Crippen molar-refractivity contribution >= 4 is 27.3 Å². The number of benzene rings is 1. The van der Waals surface area contributed by atoms with Crippen molar-refractivity contribution in [2.24, 2.45) is 0 Å². The number of aromatic nitrogens is 1. The van der Waals surface area contributed by atoms with E-state index in [0.717, 1.165) is 5.01 Å². The fraction of sp³-hybridized carbons (Fsp3) is 0.444. The van der Waals surface area contributed by atoms with Gasteiger partial charge >= 0.3 is 5.97 Å². The quantitative estimate of drug-likeness (QED) is 0.705. The lowest BCUT2D eigenvalue weighted by atomic mass is 10.2. The zero-order valence-corrected chi connectivity index (χ0v) is 17.0. The molecule has 1 fully saturated rings. The molecule has 146 valence electrons. The summed E-state index contributed by atoms with van der Waals surface area (Å²) in [5.41, 5.74) is 0.991. The average molecular weight is 411 g/mol. The molecule has 1 aromatic carbocycles. The molecule has 2 atom stereocenters. The summed E-state index contributed by atoms with van der Waals surface area (Å²) in [6.45, 7) is 6.28. The van der Waals surface area contributed by atoms with Crippen molar-refractivity contribution in [1.82, 2.24) is 9.29 Å². The van der Waals surface area contributed by atoms with Gasteiger partial charge in [-0.3, -0.25) is 0 Å². The number of ether oxygens (including phenoxy) is 2. The lowest BCUT2D eigenvalue weighted by molar-refractivity contribution is -0.0440. The van der Waals surface area contributed by atoms with Gasteiger partial charge in [0.1, 0.15) is 6.61 Å². The molecule has 2 aromatic rings. The number of thiazole rings is 1. The minimum atomic E-state index is -3.63. The molecular weight excluding hydrogens is 388 g/mol. The van der Waals surface area contributed by atoms with Crippen molar-refractivity contribution in [1.29, 1.82) is 0 Å². The molecule has 1 aliphatic heterocycles. The first-order valence-electron chi connectivity index (χ1n) is 8.59. The Labute approximate surface area is 163 Å². The molecule has 0 aliphatic carbocycles. The molecular formula is C18H22N2O5S2. The monoisotopic (exact) mass is 410 g/mol. The Kier molecular flexibility index (Phi) is 5.95. The summed E-state index contributed by atoms with van der Waals surface area (Å²) < 4.78 is 37.9. The summed E-state index contributed by atoms with van der Waals surface area (Å²) >= 11 is 1.49. The first kappa shape index (κ1) is 19.9. The third-order valence-electron chi connectivity index (χ3n) is 4.13. The second-order valence-electron chi connectivity index (χ2n) is 6.54. The van der Waals surface area contributed by atoms with Crippen molar-refractivity contribution in [3.63, 3.8) is 0 Å². The van der Waals surface area contributed by atoms with Crippen LogP contribution < -0.4 is 0 Å². The van der Waals surface area contributed by atoms with Crippen LogP contribution in [0, 0.1) is 6.92 Å². The van der Waals surface area contributed by atoms with Crippen LogP contribution in [0.1, 0.15) is 34.9 Å². The fourth-order valence-electron chi connectivity index (χ4n) is 2.94. The van der Waals surface area contributed by atoms with Gasteiger partial charge in [-0.2, -0.15) is 4.31 Å². The standard InChI is InChI=1S/C18H22N2O5S2/c1-12-8-20(9-13(2)25-12)27(22,23)17-6-4-15(5-7-17)18(21)24-10-16-11-26-14(3)19-16/h4-7,11-13H,8-10H2,1-3H3. The molecule has 0 amide bonds. The van der Waals surface area contributed by atoms with E-state index in [1.807, 2.05) is 26.2 Å². The number of morpholine rings is 1. The molecule has 0 radical (unpaired) electrons. The summed E-state index contributed by atoms with van der Waals surface area (Å²) in [4.78, 5) is 16.5. The lowest BCUT2D eigenvalue weighted by Gasteiger charge is -2.34. The van der Waals surface area contributed by atoms with E-state index >= 15 is 0 Å². The van der Waals surface area contributed by atoms with Crippen LogP contribution in [0.15, 0.2) is 34.5 Å². The number of nitrogens with zero attached hydrogens (tertiary/aromatic N) is 2. The van der Waals surface area contributed by atoms with Crippen LogP contribution in [-0.4, -0.2) is 49.0 Å². The number of esters is 1. The summed E-state index contributed by atoms with van der Waals surface area (Å²) in [5.74, 6) is -0.516. The number of hydrogen-bond acceptors (Lipinski definition) is 7. The second-order valence-corrected chi connectivity index (χ2v) is 9.54.